The normalized spacial score (nSPS) is 11.0. The SMILES string of the molecule is Cc1cccc(Cn2ccc3ccc(F)cc32)c1. The van der Waals surface area contributed by atoms with Crippen molar-refractivity contribution in [2.24, 2.45) is 0 Å². The summed E-state index contributed by atoms with van der Waals surface area (Å²) >= 11 is 0. The Morgan fingerprint density at radius 3 is 2.78 bits per heavy atom. The van der Waals surface area contributed by atoms with Gasteiger partial charge in [-0.25, -0.2) is 4.39 Å². The first-order valence-electron chi connectivity index (χ1n) is 6.02. The van der Waals surface area contributed by atoms with E-state index in [1.807, 2.05) is 18.3 Å². The number of nitrogens with zero attached hydrogens (tertiary/aromatic N) is 1. The average molecular weight is 239 g/mol. The maximum absolute atomic E-state index is 13.3. The van der Waals surface area contributed by atoms with E-state index < -0.39 is 0 Å². The number of hydrogen-bond acceptors (Lipinski definition) is 0. The van der Waals surface area contributed by atoms with E-state index in [1.165, 1.54) is 17.2 Å². The van der Waals surface area contributed by atoms with Gasteiger partial charge >= 0.3 is 0 Å². The van der Waals surface area contributed by atoms with E-state index in [4.69, 9.17) is 0 Å². The van der Waals surface area contributed by atoms with Crippen LogP contribution in [0.3, 0.4) is 0 Å². The van der Waals surface area contributed by atoms with Crippen LogP contribution in [0.2, 0.25) is 0 Å². The van der Waals surface area contributed by atoms with Crippen molar-refractivity contribution >= 4 is 10.9 Å². The topological polar surface area (TPSA) is 4.93 Å². The highest BCUT2D eigenvalue weighted by Crippen LogP contribution is 2.18. The van der Waals surface area contributed by atoms with Crippen LogP contribution in [0.25, 0.3) is 10.9 Å². The Labute approximate surface area is 105 Å². The Hall–Kier alpha value is -2.09. The summed E-state index contributed by atoms with van der Waals surface area (Å²) in [6.07, 6.45) is 2.01. The number of aromatic nitrogens is 1. The molecule has 0 spiro atoms. The van der Waals surface area contributed by atoms with Gasteiger partial charge in [-0.05, 0) is 42.1 Å². The summed E-state index contributed by atoms with van der Waals surface area (Å²) in [5.74, 6) is -0.188. The molecule has 0 fully saturated rings. The van der Waals surface area contributed by atoms with E-state index in [1.54, 1.807) is 6.07 Å². The molecule has 0 saturated carbocycles. The first kappa shape index (κ1) is 11.0. The molecule has 0 unspecified atom stereocenters. The molecule has 3 rings (SSSR count). The number of benzene rings is 2. The summed E-state index contributed by atoms with van der Waals surface area (Å²) in [7, 11) is 0. The maximum atomic E-state index is 13.3. The highest BCUT2D eigenvalue weighted by atomic mass is 19.1. The molecule has 3 aromatic rings. The third-order valence-corrected chi connectivity index (χ3v) is 3.17. The number of rotatable bonds is 2. The van der Waals surface area contributed by atoms with Crippen molar-refractivity contribution in [3.8, 4) is 0 Å². The molecule has 0 radical (unpaired) electrons. The Morgan fingerprint density at radius 2 is 1.94 bits per heavy atom. The summed E-state index contributed by atoms with van der Waals surface area (Å²) in [5, 5.41) is 1.07. The third-order valence-electron chi connectivity index (χ3n) is 3.17. The van der Waals surface area contributed by atoms with Crippen molar-refractivity contribution in [1.29, 1.82) is 0 Å². The predicted molar refractivity (Wildman–Crippen MR) is 72.2 cm³/mol. The predicted octanol–water partition coefficient (Wildman–Crippen LogP) is 4.14. The minimum Gasteiger partial charge on any atom is -0.343 e. The van der Waals surface area contributed by atoms with Crippen LogP contribution < -0.4 is 0 Å². The van der Waals surface area contributed by atoms with Crippen molar-refractivity contribution in [3.63, 3.8) is 0 Å². The highest BCUT2D eigenvalue weighted by Gasteiger charge is 2.03. The molecule has 1 heterocycles. The van der Waals surface area contributed by atoms with Gasteiger partial charge in [-0.15, -0.1) is 0 Å². The Bertz CT molecular complexity index is 697. The molecule has 90 valence electrons. The van der Waals surface area contributed by atoms with E-state index in [2.05, 4.69) is 35.8 Å². The zero-order chi connectivity index (χ0) is 12.5. The number of fused-ring (bicyclic) bond motifs is 1. The molecule has 18 heavy (non-hydrogen) atoms. The summed E-state index contributed by atoms with van der Waals surface area (Å²) in [5.41, 5.74) is 3.42. The molecule has 0 aliphatic heterocycles. The molecule has 1 nitrogen and oxygen atoms in total. The maximum Gasteiger partial charge on any atom is 0.125 e. The van der Waals surface area contributed by atoms with Crippen molar-refractivity contribution in [3.05, 3.63) is 71.7 Å². The van der Waals surface area contributed by atoms with E-state index in [0.717, 1.165) is 17.4 Å². The molecular weight excluding hydrogens is 225 g/mol. The summed E-state index contributed by atoms with van der Waals surface area (Å²) in [6, 6.07) is 15.3. The Morgan fingerprint density at radius 1 is 1.06 bits per heavy atom. The molecule has 0 amide bonds. The van der Waals surface area contributed by atoms with Crippen LogP contribution in [0.5, 0.6) is 0 Å². The molecular formula is C16H14FN. The lowest BCUT2D eigenvalue weighted by atomic mass is 10.1. The van der Waals surface area contributed by atoms with E-state index in [-0.39, 0.29) is 5.82 Å². The van der Waals surface area contributed by atoms with Gasteiger partial charge in [0.15, 0.2) is 0 Å². The van der Waals surface area contributed by atoms with E-state index in [0.29, 0.717) is 0 Å². The molecule has 0 N–H and O–H groups in total. The lowest BCUT2D eigenvalue weighted by Crippen LogP contribution is -1.98. The van der Waals surface area contributed by atoms with Gasteiger partial charge in [0.2, 0.25) is 0 Å². The molecule has 2 heteroatoms. The van der Waals surface area contributed by atoms with Crippen LogP contribution in [0.1, 0.15) is 11.1 Å². The van der Waals surface area contributed by atoms with Crippen LogP contribution in [0.4, 0.5) is 4.39 Å². The minimum absolute atomic E-state index is 0.188. The number of hydrogen-bond donors (Lipinski definition) is 0. The highest BCUT2D eigenvalue weighted by molar-refractivity contribution is 5.80. The van der Waals surface area contributed by atoms with Gasteiger partial charge < -0.3 is 4.57 Å². The monoisotopic (exact) mass is 239 g/mol. The fraction of sp³-hybridized carbons (Fsp3) is 0.125. The smallest absolute Gasteiger partial charge is 0.125 e. The van der Waals surface area contributed by atoms with Gasteiger partial charge in [0.05, 0.1) is 5.52 Å². The van der Waals surface area contributed by atoms with Gasteiger partial charge in [0.25, 0.3) is 0 Å². The second-order valence-electron chi connectivity index (χ2n) is 4.64. The average Bonchev–Trinajstić information content (AvgIpc) is 2.72. The summed E-state index contributed by atoms with van der Waals surface area (Å²) in [6.45, 7) is 2.85. The second-order valence-corrected chi connectivity index (χ2v) is 4.64. The molecule has 0 saturated heterocycles. The minimum atomic E-state index is -0.188. The van der Waals surface area contributed by atoms with Crippen molar-refractivity contribution in [2.75, 3.05) is 0 Å². The van der Waals surface area contributed by atoms with Gasteiger partial charge in [-0.1, -0.05) is 29.8 Å². The summed E-state index contributed by atoms with van der Waals surface area (Å²) < 4.78 is 15.4. The van der Waals surface area contributed by atoms with Crippen molar-refractivity contribution < 1.29 is 4.39 Å². The number of aryl methyl sites for hydroxylation is 1. The van der Waals surface area contributed by atoms with Crippen molar-refractivity contribution in [2.45, 2.75) is 13.5 Å². The van der Waals surface area contributed by atoms with E-state index >= 15 is 0 Å². The Balaban J connectivity index is 2.02. The summed E-state index contributed by atoms with van der Waals surface area (Å²) in [4.78, 5) is 0. The zero-order valence-corrected chi connectivity index (χ0v) is 10.2. The van der Waals surface area contributed by atoms with Crippen LogP contribution in [0, 0.1) is 12.7 Å². The molecule has 0 aliphatic rings. The molecule has 0 aliphatic carbocycles. The van der Waals surface area contributed by atoms with Crippen LogP contribution >= 0.6 is 0 Å². The second kappa shape index (κ2) is 4.30. The molecule has 0 bridgehead atoms. The lowest BCUT2D eigenvalue weighted by Gasteiger charge is -2.06. The molecule has 1 aromatic heterocycles. The lowest BCUT2D eigenvalue weighted by molar-refractivity contribution is 0.628. The fourth-order valence-electron chi connectivity index (χ4n) is 2.30. The van der Waals surface area contributed by atoms with Gasteiger partial charge in [0, 0.05) is 12.7 Å². The fourth-order valence-corrected chi connectivity index (χ4v) is 2.30. The first-order chi connectivity index (χ1) is 8.72. The number of halogens is 1. The first-order valence-corrected chi connectivity index (χ1v) is 6.02. The standard InChI is InChI=1S/C16H14FN/c1-12-3-2-4-13(9-12)11-18-8-7-14-5-6-15(17)10-16(14)18/h2-10H,11H2,1H3. The van der Waals surface area contributed by atoms with Crippen LogP contribution in [-0.2, 0) is 6.54 Å². The van der Waals surface area contributed by atoms with Gasteiger partial charge in [-0.2, -0.15) is 0 Å². The van der Waals surface area contributed by atoms with Crippen molar-refractivity contribution in [1.82, 2.24) is 4.57 Å². The van der Waals surface area contributed by atoms with E-state index in [9.17, 15) is 4.39 Å². The third kappa shape index (κ3) is 2.02. The van der Waals surface area contributed by atoms with Crippen LogP contribution in [0.15, 0.2) is 54.7 Å². The van der Waals surface area contributed by atoms with Gasteiger partial charge in [-0.3, -0.25) is 0 Å². The Kier molecular flexibility index (Phi) is 2.63. The van der Waals surface area contributed by atoms with Crippen LogP contribution in [-0.4, -0.2) is 4.57 Å². The molecule has 0 atom stereocenters. The quantitative estimate of drug-likeness (QED) is 0.633. The van der Waals surface area contributed by atoms with Gasteiger partial charge in [0.1, 0.15) is 5.82 Å². The molecule has 2 aromatic carbocycles. The zero-order valence-electron chi connectivity index (χ0n) is 10.2. The largest absolute Gasteiger partial charge is 0.343 e.